The lowest BCUT2D eigenvalue weighted by molar-refractivity contribution is -0.139. The molecule has 2 aliphatic carbocycles. The molecule has 0 bridgehead atoms. The molecule has 0 amide bonds. The van der Waals surface area contributed by atoms with Crippen LogP contribution in [0.5, 0.6) is 0 Å². The molecule has 2 nitrogen and oxygen atoms in total. The van der Waals surface area contributed by atoms with E-state index in [1.807, 2.05) is 32.1 Å². The first-order valence-electron chi connectivity index (χ1n) is 9.44. The van der Waals surface area contributed by atoms with Gasteiger partial charge in [0.15, 0.2) is 5.78 Å². The van der Waals surface area contributed by atoms with Gasteiger partial charge in [0, 0.05) is 33.7 Å². The molecule has 0 heterocycles. The van der Waals surface area contributed by atoms with Crippen LogP contribution in [-0.4, -0.2) is 25.3 Å². The van der Waals surface area contributed by atoms with E-state index in [2.05, 4.69) is 74.4 Å². The molecule has 144 valence electrons. The lowest BCUT2D eigenvalue weighted by atomic mass is 9.55. The van der Waals surface area contributed by atoms with E-state index in [0.717, 1.165) is 35.6 Å². The van der Waals surface area contributed by atoms with Crippen LogP contribution in [-0.2, 0) is 4.79 Å². The van der Waals surface area contributed by atoms with Gasteiger partial charge in [-0.25, -0.2) is 0 Å². The number of ketones is 2. The Morgan fingerprint density at radius 3 is 2.30 bits per heavy atom. The second-order valence-electron chi connectivity index (χ2n) is 8.14. The van der Waals surface area contributed by atoms with Gasteiger partial charge in [-0.05, 0) is 32.1 Å². The van der Waals surface area contributed by atoms with Gasteiger partial charge in [-0.3, -0.25) is 9.59 Å². The molecule has 2 saturated carbocycles. The van der Waals surface area contributed by atoms with Crippen LogP contribution >= 0.6 is 67.8 Å². The van der Waals surface area contributed by atoms with Crippen LogP contribution < -0.4 is 5.46 Å². The topological polar surface area (TPSA) is 34.1 Å². The molecule has 1 spiro atoms. The van der Waals surface area contributed by atoms with Crippen molar-refractivity contribution in [3.8, 4) is 0 Å². The molecule has 0 radical (unpaired) electrons. The van der Waals surface area contributed by atoms with E-state index in [0.29, 0.717) is 24.2 Å². The van der Waals surface area contributed by atoms with E-state index in [1.54, 1.807) is 0 Å². The van der Waals surface area contributed by atoms with Crippen molar-refractivity contribution in [3.05, 3.63) is 42.0 Å². The van der Waals surface area contributed by atoms with Gasteiger partial charge in [-0.1, -0.05) is 110 Å². The predicted octanol–water partition coefficient (Wildman–Crippen LogP) is 4.84. The third-order valence-corrected chi connectivity index (χ3v) is 9.40. The van der Waals surface area contributed by atoms with Crippen molar-refractivity contribution >= 4 is 92.6 Å². The first-order chi connectivity index (χ1) is 12.7. The highest BCUT2D eigenvalue weighted by atomic mass is 127. The van der Waals surface area contributed by atoms with Crippen molar-refractivity contribution in [3.63, 3.8) is 0 Å². The quantitative estimate of drug-likeness (QED) is 0.148. The summed E-state index contributed by atoms with van der Waals surface area (Å²) in [5.74, 6) is 0.471. The zero-order valence-corrected chi connectivity index (χ0v) is 22.0. The predicted molar refractivity (Wildman–Crippen MR) is 140 cm³/mol. The van der Waals surface area contributed by atoms with Crippen molar-refractivity contribution in [2.45, 2.75) is 40.0 Å². The molecule has 1 aromatic rings. The first kappa shape index (κ1) is 22.2. The zero-order valence-electron chi connectivity index (χ0n) is 15.6. The molecule has 0 aliphatic heterocycles. The Kier molecular flexibility index (Phi) is 7.20. The molecule has 6 heteroatoms. The molecular weight excluding hydrogens is 676 g/mol. The van der Waals surface area contributed by atoms with Crippen LogP contribution in [0.15, 0.2) is 36.4 Å². The Labute approximate surface area is 203 Å². The number of halogens is 3. The maximum absolute atomic E-state index is 13.6. The highest BCUT2D eigenvalue weighted by molar-refractivity contribution is 14.2. The summed E-state index contributed by atoms with van der Waals surface area (Å²) in [6.07, 6.45) is 4.96. The minimum atomic E-state index is -0.297. The molecule has 2 atom stereocenters. The van der Waals surface area contributed by atoms with Crippen molar-refractivity contribution < 1.29 is 9.59 Å². The highest BCUT2D eigenvalue weighted by Crippen LogP contribution is 2.58. The van der Waals surface area contributed by atoms with E-state index in [1.165, 1.54) is 5.57 Å². The molecule has 2 aliphatic rings. The largest absolute Gasteiger partial charge is 0.299 e. The number of rotatable bonds is 4. The smallest absolute Gasteiger partial charge is 0.163 e. The van der Waals surface area contributed by atoms with Crippen LogP contribution in [0.25, 0.3) is 0 Å². The molecule has 3 rings (SSSR count). The van der Waals surface area contributed by atoms with E-state index < -0.39 is 0 Å². The summed E-state index contributed by atoms with van der Waals surface area (Å²) in [6.45, 7) is 4.36. The Morgan fingerprint density at radius 2 is 1.74 bits per heavy atom. The Morgan fingerprint density at radius 1 is 1.15 bits per heavy atom. The van der Waals surface area contributed by atoms with Gasteiger partial charge < -0.3 is 0 Å². The van der Waals surface area contributed by atoms with E-state index in [-0.39, 0.29) is 24.5 Å². The summed E-state index contributed by atoms with van der Waals surface area (Å²) in [7, 11) is 2.01. The summed E-state index contributed by atoms with van der Waals surface area (Å²) in [4.78, 5) is 26.5. The van der Waals surface area contributed by atoms with Gasteiger partial charge in [0.1, 0.15) is 13.6 Å². The number of hydrogen-bond acceptors (Lipinski definition) is 2. The van der Waals surface area contributed by atoms with E-state index in [9.17, 15) is 9.59 Å². The Balaban J connectivity index is 1.83. The number of hydrogen-bond donors (Lipinski definition) is 0. The Hall–Kier alpha value is 0.555. The minimum absolute atomic E-state index is 0.0807. The van der Waals surface area contributed by atoms with Crippen molar-refractivity contribution in [2.75, 3.05) is 4.43 Å². The molecule has 2 fully saturated rings. The lowest BCUT2D eigenvalue weighted by Crippen LogP contribution is -2.51. The number of carbonyl (C=O) groups excluding carboxylic acids is 2. The van der Waals surface area contributed by atoms with Crippen molar-refractivity contribution in [1.82, 2.24) is 0 Å². The van der Waals surface area contributed by atoms with Crippen LogP contribution in [0, 0.1) is 17.3 Å². The molecule has 0 saturated heterocycles. The summed E-state index contributed by atoms with van der Waals surface area (Å²) in [6, 6.07) is 7.68. The fraction of sp³-hybridized carbons (Fsp3) is 0.524. The maximum Gasteiger partial charge on any atom is 0.163 e. The third kappa shape index (κ3) is 4.67. The summed E-state index contributed by atoms with van der Waals surface area (Å²) < 4.78 is 1.19. The first-order valence-corrected chi connectivity index (χ1v) is 13.1. The van der Waals surface area contributed by atoms with Crippen LogP contribution in [0.3, 0.4) is 0 Å². The number of Topliss-reactive ketones (excluding diaryl/α,β-unsaturated/α-hetero) is 2. The van der Waals surface area contributed by atoms with Gasteiger partial charge in [-0.2, -0.15) is 0 Å². The van der Waals surface area contributed by atoms with Crippen LogP contribution in [0.2, 0.25) is 0 Å². The normalized spacial score (nSPS) is 26.9. The fourth-order valence-electron chi connectivity index (χ4n) is 4.68. The van der Waals surface area contributed by atoms with E-state index in [4.69, 9.17) is 0 Å². The number of benzene rings is 1. The SMILES string of the molecule is Bc1ccc(C(=O)CC2CC(=C)[C@H](CI)C3(CCC(I)(I)CC3)C2=O)cc1. The summed E-state index contributed by atoms with van der Waals surface area (Å²) >= 11 is 7.48. The number of allylic oxidation sites excluding steroid dienone is 1. The van der Waals surface area contributed by atoms with Gasteiger partial charge >= 0.3 is 0 Å². The average Bonchev–Trinajstić information content (AvgIpc) is 2.62. The monoisotopic (exact) mass is 700 g/mol. The zero-order chi connectivity index (χ0) is 19.8. The number of alkyl halides is 3. The fourth-order valence-corrected chi connectivity index (χ4v) is 7.22. The average molecular weight is 700 g/mol. The van der Waals surface area contributed by atoms with Crippen molar-refractivity contribution in [2.24, 2.45) is 17.3 Å². The molecule has 0 N–H and O–H groups in total. The van der Waals surface area contributed by atoms with Crippen LogP contribution in [0.4, 0.5) is 0 Å². The second-order valence-corrected chi connectivity index (χ2v) is 15.2. The molecular formula is C21H24BI3O2. The van der Waals surface area contributed by atoms with E-state index >= 15 is 0 Å². The summed E-state index contributed by atoms with van der Waals surface area (Å²) in [5, 5.41) is 0. The molecule has 1 aromatic carbocycles. The third-order valence-electron chi connectivity index (χ3n) is 6.36. The maximum atomic E-state index is 13.6. The van der Waals surface area contributed by atoms with Crippen molar-refractivity contribution in [1.29, 1.82) is 0 Å². The highest BCUT2D eigenvalue weighted by Gasteiger charge is 2.54. The molecule has 0 aromatic heterocycles. The minimum Gasteiger partial charge on any atom is -0.299 e. The number of carbonyl (C=O) groups is 2. The second kappa shape index (κ2) is 8.74. The van der Waals surface area contributed by atoms with Gasteiger partial charge in [0.2, 0.25) is 0 Å². The molecule has 1 unspecified atom stereocenters. The summed E-state index contributed by atoms with van der Waals surface area (Å²) in [5.41, 5.74) is 2.74. The van der Waals surface area contributed by atoms with Gasteiger partial charge in [-0.15, -0.1) is 0 Å². The van der Waals surface area contributed by atoms with Gasteiger partial charge in [0.05, 0.1) is 1.43 Å². The Bertz CT molecular complexity index is 747. The van der Waals surface area contributed by atoms with Crippen LogP contribution in [0.1, 0.15) is 48.9 Å². The standard InChI is InChI=1S/C21H24BI3O2/c1-13-10-15(11-18(26)14-2-4-16(22)5-3-14)19(27)20(17(13)12-23)6-8-21(24,25)9-7-20/h2-5,15,17H,1,6-12,22H2/t15?,17-/m0/s1. The molecule has 27 heavy (non-hydrogen) atoms. The van der Waals surface area contributed by atoms with Gasteiger partial charge in [0.25, 0.3) is 0 Å². The lowest BCUT2D eigenvalue weighted by Gasteiger charge is -2.50.